The summed E-state index contributed by atoms with van der Waals surface area (Å²) < 4.78 is 81.7. The third-order valence-corrected chi connectivity index (χ3v) is 6.66. The molecule has 0 saturated carbocycles. The van der Waals surface area contributed by atoms with Gasteiger partial charge in [0.05, 0.1) is 42.4 Å². The molecule has 47 heavy (non-hydrogen) atoms. The molecule has 0 amide bonds. The van der Waals surface area contributed by atoms with Gasteiger partial charge in [0.1, 0.15) is 17.1 Å². The summed E-state index contributed by atoms with van der Waals surface area (Å²) in [6.07, 6.45) is -1.07. The average molecular weight is 664 g/mol. The molecule has 0 fully saturated rings. The Kier molecular flexibility index (Phi) is 11.3. The van der Waals surface area contributed by atoms with Crippen molar-refractivity contribution in [3.63, 3.8) is 0 Å². The van der Waals surface area contributed by atoms with E-state index >= 15 is 0 Å². The van der Waals surface area contributed by atoms with Crippen LogP contribution in [0.2, 0.25) is 0 Å². The molecular weight excluding hydrogens is 640 g/mol. The van der Waals surface area contributed by atoms with Crippen molar-refractivity contribution in [2.45, 2.75) is 32.0 Å². The third-order valence-electron chi connectivity index (χ3n) is 6.66. The van der Waals surface area contributed by atoms with E-state index in [1.807, 2.05) is 6.92 Å². The number of carboxylic acids is 1. The van der Waals surface area contributed by atoms with Crippen LogP contribution in [0.25, 0.3) is 34.0 Å². The van der Waals surface area contributed by atoms with E-state index in [0.717, 1.165) is 23.0 Å². The second-order valence-corrected chi connectivity index (χ2v) is 9.90. The number of fused-ring (bicyclic) bond motifs is 1. The van der Waals surface area contributed by atoms with Crippen molar-refractivity contribution in [2.75, 3.05) is 13.2 Å². The first kappa shape index (κ1) is 35.4. The molecule has 2 aliphatic rings. The molecule has 5 rings (SSSR count). The minimum Gasteiger partial charge on any atom is -0.550 e. The van der Waals surface area contributed by atoms with Crippen molar-refractivity contribution >= 4 is 11.9 Å². The topological polar surface area (TPSA) is 132 Å². The number of carboxylic acid groups (broad SMARTS) is 1. The first-order valence-corrected chi connectivity index (χ1v) is 13.8. The molecule has 10 nitrogen and oxygen atoms in total. The molecule has 0 radical (unpaired) electrons. The Morgan fingerprint density at radius 1 is 0.957 bits per heavy atom. The normalized spacial score (nSPS) is 12.0. The van der Waals surface area contributed by atoms with Gasteiger partial charge in [-0.15, -0.1) is 0 Å². The number of carbonyl (C=O) groups is 2. The number of ether oxygens (including phenoxy) is 2. The van der Waals surface area contributed by atoms with Crippen molar-refractivity contribution in [1.29, 1.82) is 0 Å². The van der Waals surface area contributed by atoms with E-state index in [0.29, 0.717) is 6.42 Å². The van der Waals surface area contributed by atoms with Gasteiger partial charge in [-0.3, -0.25) is 9.67 Å². The smallest absolute Gasteiger partial charge is 0.550 e. The average Bonchev–Trinajstić information content (AvgIpc) is 3.44. The zero-order chi connectivity index (χ0) is 33.0. The van der Waals surface area contributed by atoms with Gasteiger partial charge in [0.25, 0.3) is 0 Å². The Hall–Kier alpha value is -4.47. The molecule has 1 aromatic heterocycles. The minimum absolute atomic E-state index is 0. The van der Waals surface area contributed by atoms with Gasteiger partial charge < -0.3 is 19.4 Å². The number of aliphatic carboxylic acids is 1. The van der Waals surface area contributed by atoms with Crippen LogP contribution in [0.15, 0.2) is 67.1 Å². The predicted octanol–water partition coefficient (Wildman–Crippen LogP) is 1.87. The van der Waals surface area contributed by atoms with E-state index in [-0.39, 0.29) is 81.5 Å². The molecule has 0 bridgehead atoms. The summed E-state index contributed by atoms with van der Waals surface area (Å²) in [5.74, 6) is -4.79. The van der Waals surface area contributed by atoms with Crippen molar-refractivity contribution in [3.05, 3.63) is 89.9 Å². The first-order chi connectivity index (χ1) is 22.0. The number of aromatic nitrogens is 5. The molecule has 2 aromatic carbocycles. The van der Waals surface area contributed by atoms with Crippen LogP contribution in [-0.2, 0) is 20.5 Å². The maximum atomic E-state index is 14.4. The van der Waals surface area contributed by atoms with E-state index < -0.39 is 54.4 Å². The van der Waals surface area contributed by atoms with Crippen LogP contribution < -0.4 is 39.4 Å². The number of carbonyl (C=O) groups excluding carboxylic acids is 2. The number of nitrogens with zero attached hydrogens (tertiary/aromatic N) is 5. The summed E-state index contributed by atoms with van der Waals surface area (Å²) in [7, 11) is 0. The fourth-order valence-electron chi connectivity index (χ4n) is 4.50. The predicted molar refractivity (Wildman–Crippen MR) is 149 cm³/mol. The molecule has 2 aliphatic heterocycles. The molecule has 0 spiro atoms. The summed E-state index contributed by atoms with van der Waals surface area (Å²) in [5, 5.41) is 15.0. The Bertz CT molecular complexity index is 1850. The third kappa shape index (κ3) is 8.10. The molecular formula is C31H23F5N5NaO5. The first-order valence-electron chi connectivity index (χ1n) is 13.8. The number of rotatable bonds is 11. The zero-order valence-corrected chi connectivity index (χ0v) is 26.9. The van der Waals surface area contributed by atoms with E-state index in [2.05, 4.69) is 20.1 Å². The molecule has 238 valence electrons. The summed E-state index contributed by atoms with van der Waals surface area (Å²) in [4.78, 5) is 36.7. The van der Waals surface area contributed by atoms with Gasteiger partial charge in [-0.2, -0.15) is 18.3 Å². The molecule has 0 aliphatic carbocycles. The van der Waals surface area contributed by atoms with Crippen LogP contribution in [0, 0.1) is 11.6 Å². The maximum Gasteiger partial charge on any atom is 1.00 e. The van der Waals surface area contributed by atoms with Crippen LogP contribution in [0.5, 0.6) is 5.75 Å². The van der Waals surface area contributed by atoms with Crippen molar-refractivity contribution < 1.29 is 75.7 Å². The van der Waals surface area contributed by atoms with Gasteiger partial charge in [-0.05, 0) is 42.8 Å². The molecule has 0 saturated heterocycles. The zero-order valence-electron chi connectivity index (χ0n) is 24.9. The number of hydrogen-bond acceptors (Lipinski definition) is 9. The molecule has 0 N–H and O–H groups in total. The largest absolute Gasteiger partial charge is 1.00 e. The Morgan fingerprint density at radius 3 is 2.40 bits per heavy atom. The molecule has 3 aromatic rings. The summed E-state index contributed by atoms with van der Waals surface area (Å²) in [6.45, 7) is 1.52. The molecule has 1 unspecified atom stereocenters. The standard InChI is InChI=1S/C31H24F5N5O5.Na/c1-2-11-45-18-7-8-19(21(13-18)31(34,35)36)23-9-6-17(14-37-23)28(30(44)46-12-10-26(42)43)41-16-25-24(15-38-41)39-29(40-25)20-4-3-5-22(32)27(20)33;/h3-9,13-16,28H,2,10-12H2,1H3,(H,42,43);/q;+1/p-1. The summed E-state index contributed by atoms with van der Waals surface area (Å²) in [5.41, 5.74) is -1.03. The second-order valence-electron chi connectivity index (χ2n) is 9.90. The van der Waals surface area contributed by atoms with Gasteiger partial charge in [0.2, 0.25) is 0 Å². The van der Waals surface area contributed by atoms with Crippen LogP contribution in [0.1, 0.15) is 36.9 Å². The van der Waals surface area contributed by atoms with Crippen LogP contribution >= 0.6 is 0 Å². The number of benzene rings is 2. The second kappa shape index (κ2) is 15.0. The SMILES string of the molecule is CCCOc1ccc(-c2ccc(C(C(=O)OCCC(=O)[O-])n3cc4nc(-c5cccc(F)c5F)nc-4cn3)cn2)c(C(F)(F)F)c1.[Na+]. The Balaban J connectivity index is 0.00000500. The van der Waals surface area contributed by atoms with E-state index in [1.54, 1.807) is 0 Å². The van der Waals surface area contributed by atoms with Crippen LogP contribution in [0.3, 0.4) is 0 Å². The number of alkyl halides is 3. The fraction of sp³-hybridized carbons (Fsp3) is 0.226. The van der Waals surface area contributed by atoms with Gasteiger partial charge in [0, 0.05) is 29.7 Å². The molecule has 16 heteroatoms. The van der Waals surface area contributed by atoms with Gasteiger partial charge in [0.15, 0.2) is 23.5 Å². The summed E-state index contributed by atoms with van der Waals surface area (Å²) >= 11 is 0. The van der Waals surface area contributed by atoms with Crippen molar-refractivity contribution in [2.24, 2.45) is 0 Å². The van der Waals surface area contributed by atoms with Gasteiger partial charge in [-0.1, -0.05) is 19.1 Å². The summed E-state index contributed by atoms with van der Waals surface area (Å²) in [6, 6.07) is 8.24. The Labute approximate surface area is 286 Å². The van der Waals surface area contributed by atoms with Crippen LogP contribution in [-0.4, -0.2) is 49.9 Å². The monoisotopic (exact) mass is 663 g/mol. The van der Waals surface area contributed by atoms with E-state index in [1.165, 1.54) is 48.8 Å². The van der Waals surface area contributed by atoms with Gasteiger partial charge in [-0.25, -0.2) is 23.5 Å². The minimum atomic E-state index is -4.73. The number of hydrogen-bond donors (Lipinski definition) is 0. The Morgan fingerprint density at radius 2 is 1.72 bits per heavy atom. The number of esters is 1. The van der Waals surface area contributed by atoms with E-state index in [9.17, 15) is 36.6 Å². The number of pyridine rings is 1. The van der Waals surface area contributed by atoms with Gasteiger partial charge >= 0.3 is 41.7 Å². The maximum absolute atomic E-state index is 14.4. The van der Waals surface area contributed by atoms with E-state index in [4.69, 9.17) is 9.47 Å². The number of imidazole rings is 1. The fourth-order valence-corrected chi connectivity index (χ4v) is 4.50. The molecule has 1 atom stereocenters. The number of halogens is 5. The molecule has 3 heterocycles. The van der Waals surface area contributed by atoms with Crippen molar-refractivity contribution in [1.82, 2.24) is 24.7 Å². The van der Waals surface area contributed by atoms with Crippen molar-refractivity contribution in [3.8, 4) is 39.8 Å². The van der Waals surface area contributed by atoms with Crippen LogP contribution in [0.4, 0.5) is 22.0 Å². The quantitative estimate of drug-likeness (QED) is 0.118.